The van der Waals surface area contributed by atoms with E-state index in [2.05, 4.69) is 13.5 Å². The van der Waals surface area contributed by atoms with E-state index in [9.17, 15) is 9.59 Å². The van der Waals surface area contributed by atoms with E-state index >= 15 is 0 Å². The van der Waals surface area contributed by atoms with Crippen LogP contribution in [0.15, 0.2) is 12.2 Å². The maximum atomic E-state index is 10.3. The number of nitrogens with two attached hydrogens (primary N) is 1. The third kappa shape index (κ3) is 25.6. The second-order valence-electron chi connectivity index (χ2n) is 6.53. The van der Waals surface area contributed by atoms with Crippen molar-refractivity contribution >= 4 is 11.9 Å². The highest BCUT2D eigenvalue weighted by Gasteiger charge is 1.96. The predicted octanol–water partition coefficient (Wildman–Crippen LogP) is 5.60. The Morgan fingerprint density at radius 3 is 1.33 bits per heavy atom. The highest BCUT2D eigenvalue weighted by Crippen LogP contribution is 2.12. The number of rotatable bonds is 15. The highest BCUT2D eigenvalue weighted by molar-refractivity contribution is 5.90. The molecule has 0 unspecified atom stereocenters. The van der Waals surface area contributed by atoms with Gasteiger partial charge in [0.15, 0.2) is 0 Å². The van der Waals surface area contributed by atoms with Gasteiger partial charge in [0.25, 0.3) is 0 Å². The van der Waals surface area contributed by atoms with Crippen LogP contribution in [0.4, 0.5) is 0 Å². The minimum Gasteiger partial charge on any atom is -0.481 e. The fourth-order valence-corrected chi connectivity index (χ4v) is 2.29. The van der Waals surface area contributed by atoms with E-state index in [1.54, 1.807) is 6.92 Å². The fraction of sp³-hybridized carbons (Fsp3) is 0.800. The average molecular weight is 342 g/mol. The van der Waals surface area contributed by atoms with Crippen LogP contribution in [-0.4, -0.2) is 17.0 Å². The van der Waals surface area contributed by atoms with Gasteiger partial charge in [-0.25, -0.2) is 0 Å². The molecule has 0 aromatic heterocycles. The van der Waals surface area contributed by atoms with Crippen LogP contribution in [0.2, 0.25) is 0 Å². The third-order valence-electron chi connectivity index (χ3n) is 3.91. The van der Waals surface area contributed by atoms with Crippen molar-refractivity contribution in [3.8, 4) is 0 Å². The number of hydrogen-bond donors (Lipinski definition) is 2. The van der Waals surface area contributed by atoms with E-state index in [0.29, 0.717) is 12.0 Å². The lowest BCUT2D eigenvalue weighted by Gasteiger charge is -2.02. The molecule has 0 aliphatic rings. The van der Waals surface area contributed by atoms with Crippen molar-refractivity contribution in [3.05, 3.63) is 12.2 Å². The Morgan fingerprint density at radius 2 is 1.08 bits per heavy atom. The number of carbonyl (C=O) groups excluding carboxylic acids is 1. The van der Waals surface area contributed by atoms with Gasteiger partial charge in [-0.1, -0.05) is 90.6 Å². The van der Waals surface area contributed by atoms with Gasteiger partial charge in [-0.2, -0.15) is 0 Å². The van der Waals surface area contributed by atoms with Crippen LogP contribution >= 0.6 is 0 Å². The first-order valence-corrected chi connectivity index (χ1v) is 9.58. The summed E-state index contributed by atoms with van der Waals surface area (Å²) in [5.41, 5.74) is 5.09. The number of carboxylic acids is 1. The minimum atomic E-state index is -0.655. The van der Waals surface area contributed by atoms with Crippen LogP contribution in [0.3, 0.4) is 0 Å². The van der Waals surface area contributed by atoms with Crippen molar-refractivity contribution in [3.63, 3.8) is 0 Å². The topological polar surface area (TPSA) is 80.4 Å². The molecule has 0 fully saturated rings. The molecule has 4 nitrogen and oxygen atoms in total. The molecule has 0 atom stereocenters. The van der Waals surface area contributed by atoms with Gasteiger partial charge in [-0.15, -0.1) is 0 Å². The highest BCUT2D eigenvalue weighted by atomic mass is 16.4. The molecule has 0 heterocycles. The van der Waals surface area contributed by atoms with Gasteiger partial charge in [-0.05, 0) is 13.3 Å². The van der Waals surface area contributed by atoms with E-state index < -0.39 is 11.9 Å². The molecule has 0 radical (unpaired) electrons. The van der Waals surface area contributed by atoms with Crippen molar-refractivity contribution < 1.29 is 14.7 Å². The summed E-state index contributed by atoms with van der Waals surface area (Å²) in [7, 11) is 0. The van der Waals surface area contributed by atoms with Crippen LogP contribution < -0.4 is 5.73 Å². The lowest BCUT2D eigenvalue weighted by molar-refractivity contribution is -0.137. The van der Waals surface area contributed by atoms with Crippen LogP contribution in [0.5, 0.6) is 0 Å². The largest absolute Gasteiger partial charge is 0.481 e. The SMILES string of the molecule is C=C(C)C(N)=O.CCCCCCCCCCCCCCCC(=O)O. The molecule has 0 saturated heterocycles. The van der Waals surface area contributed by atoms with E-state index in [0.717, 1.165) is 12.8 Å². The molecule has 1 amide bonds. The molecule has 0 aliphatic carbocycles. The quantitative estimate of drug-likeness (QED) is 0.300. The second-order valence-corrected chi connectivity index (χ2v) is 6.53. The first kappa shape index (κ1) is 24.9. The van der Waals surface area contributed by atoms with Crippen molar-refractivity contribution in [1.29, 1.82) is 0 Å². The monoisotopic (exact) mass is 341 g/mol. The molecule has 0 aliphatic heterocycles. The predicted molar refractivity (Wildman–Crippen MR) is 102 cm³/mol. The van der Waals surface area contributed by atoms with Gasteiger partial charge < -0.3 is 10.8 Å². The summed E-state index contributed by atoms with van der Waals surface area (Å²) in [6, 6.07) is 0. The Kier molecular flexibility index (Phi) is 20.5. The molecule has 0 spiro atoms. The zero-order valence-corrected chi connectivity index (χ0v) is 15.9. The maximum absolute atomic E-state index is 10.3. The Balaban J connectivity index is 0. The molecular formula is C20H39NO3. The van der Waals surface area contributed by atoms with E-state index in [4.69, 9.17) is 10.8 Å². The normalized spacial score (nSPS) is 9.92. The Hall–Kier alpha value is -1.32. The van der Waals surface area contributed by atoms with E-state index in [-0.39, 0.29) is 0 Å². The Morgan fingerprint density at radius 1 is 0.792 bits per heavy atom. The number of primary amides is 1. The molecule has 0 rings (SSSR count). The average Bonchev–Trinajstić information content (AvgIpc) is 2.52. The minimum absolute atomic E-state index is 0.345. The second kappa shape index (κ2) is 19.7. The molecule has 0 saturated carbocycles. The van der Waals surface area contributed by atoms with Crippen molar-refractivity contribution in [2.75, 3.05) is 0 Å². The van der Waals surface area contributed by atoms with Gasteiger partial charge in [0.1, 0.15) is 0 Å². The standard InChI is InChI=1S/C16H32O2.C4H7NO/c1-2-3-4-5-6-7-8-9-10-11-12-13-14-15-16(17)18;1-3(2)4(5)6/h2-15H2,1H3,(H,17,18);1H2,2H3,(H2,5,6). The Bertz CT molecular complexity index is 315. The van der Waals surface area contributed by atoms with Crippen LogP contribution in [-0.2, 0) is 9.59 Å². The molecule has 0 aromatic rings. The van der Waals surface area contributed by atoms with Gasteiger partial charge in [0.05, 0.1) is 0 Å². The summed E-state index contributed by atoms with van der Waals surface area (Å²) in [5.74, 6) is -1.09. The van der Waals surface area contributed by atoms with Crippen molar-refractivity contribution in [1.82, 2.24) is 0 Å². The third-order valence-corrected chi connectivity index (χ3v) is 3.91. The van der Waals surface area contributed by atoms with E-state index in [1.807, 2.05) is 0 Å². The summed E-state index contributed by atoms with van der Waals surface area (Å²) in [6.45, 7) is 7.11. The summed E-state index contributed by atoms with van der Waals surface area (Å²) < 4.78 is 0. The summed E-state index contributed by atoms with van der Waals surface area (Å²) in [6.07, 6.45) is 17.3. The van der Waals surface area contributed by atoms with Crippen molar-refractivity contribution in [2.24, 2.45) is 5.73 Å². The first-order valence-electron chi connectivity index (χ1n) is 9.58. The fourth-order valence-electron chi connectivity index (χ4n) is 2.29. The molecule has 142 valence electrons. The zero-order chi connectivity index (χ0) is 18.6. The summed E-state index contributed by atoms with van der Waals surface area (Å²) in [4.78, 5) is 20.1. The summed E-state index contributed by atoms with van der Waals surface area (Å²) in [5, 5.41) is 8.49. The molecule has 0 aromatic carbocycles. The molecular weight excluding hydrogens is 302 g/mol. The van der Waals surface area contributed by atoms with E-state index in [1.165, 1.54) is 70.6 Å². The van der Waals surface area contributed by atoms with Gasteiger partial charge in [0, 0.05) is 12.0 Å². The number of hydrogen-bond acceptors (Lipinski definition) is 2. The zero-order valence-electron chi connectivity index (χ0n) is 15.9. The number of aliphatic carboxylic acids is 1. The van der Waals surface area contributed by atoms with Crippen LogP contribution in [0.1, 0.15) is 104 Å². The van der Waals surface area contributed by atoms with Crippen molar-refractivity contribution in [2.45, 2.75) is 104 Å². The smallest absolute Gasteiger partial charge is 0.303 e. The number of carboxylic acid groups (broad SMARTS) is 1. The summed E-state index contributed by atoms with van der Waals surface area (Å²) >= 11 is 0. The lowest BCUT2D eigenvalue weighted by atomic mass is 10.0. The van der Waals surface area contributed by atoms with Crippen LogP contribution in [0, 0.1) is 0 Å². The Labute approximate surface area is 148 Å². The number of unbranched alkanes of at least 4 members (excludes halogenated alkanes) is 12. The van der Waals surface area contributed by atoms with Gasteiger partial charge >= 0.3 is 5.97 Å². The van der Waals surface area contributed by atoms with Gasteiger partial charge in [0.2, 0.25) is 5.91 Å². The van der Waals surface area contributed by atoms with Crippen LogP contribution in [0.25, 0.3) is 0 Å². The lowest BCUT2D eigenvalue weighted by Crippen LogP contribution is -2.10. The molecule has 24 heavy (non-hydrogen) atoms. The molecule has 4 heteroatoms. The first-order chi connectivity index (χ1) is 11.4. The maximum Gasteiger partial charge on any atom is 0.303 e. The number of carbonyl (C=O) groups is 2. The van der Waals surface area contributed by atoms with Gasteiger partial charge in [-0.3, -0.25) is 9.59 Å². The number of amides is 1. The molecule has 3 N–H and O–H groups in total. The molecule has 0 bridgehead atoms.